The van der Waals surface area contributed by atoms with Crippen LogP contribution in [0, 0.1) is 5.82 Å². The van der Waals surface area contributed by atoms with Crippen molar-refractivity contribution in [2.24, 2.45) is 0 Å². The summed E-state index contributed by atoms with van der Waals surface area (Å²) in [7, 11) is -0.707. The summed E-state index contributed by atoms with van der Waals surface area (Å²) in [6.07, 6.45) is 1.54. The lowest BCUT2D eigenvalue weighted by Gasteiger charge is -2.11. The van der Waals surface area contributed by atoms with Gasteiger partial charge in [-0.15, -0.1) is 0 Å². The van der Waals surface area contributed by atoms with Gasteiger partial charge in [0.15, 0.2) is 0 Å². The third-order valence-electron chi connectivity index (χ3n) is 4.03. The number of sulfonamides is 1. The van der Waals surface area contributed by atoms with E-state index in [1.807, 2.05) is 0 Å². The van der Waals surface area contributed by atoms with Crippen molar-refractivity contribution in [1.29, 1.82) is 0 Å². The van der Waals surface area contributed by atoms with Crippen molar-refractivity contribution in [3.8, 4) is 0 Å². The predicted molar refractivity (Wildman–Crippen MR) is 98.1 cm³/mol. The number of hydrogen-bond donors (Lipinski definition) is 0. The van der Waals surface area contributed by atoms with Gasteiger partial charge in [-0.05, 0) is 42.5 Å². The average Bonchev–Trinajstić information content (AvgIpc) is 2.67. The fourth-order valence-corrected chi connectivity index (χ4v) is 3.41. The van der Waals surface area contributed by atoms with Gasteiger partial charge in [0.25, 0.3) is 0 Å². The largest absolute Gasteiger partial charge is 0.457 e. The molecule has 0 aliphatic carbocycles. The molecule has 0 unspecified atom stereocenters. The van der Waals surface area contributed by atoms with E-state index in [4.69, 9.17) is 4.74 Å². The van der Waals surface area contributed by atoms with Gasteiger partial charge in [0.2, 0.25) is 10.0 Å². The summed E-state index contributed by atoms with van der Waals surface area (Å²) in [6, 6.07) is 11.5. The second-order valence-electron chi connectivity index (χ2n) is 5.99. The number of rotatable bonds is 5. The van der Waals surface area contributed by atoms with Crippen LogP contribution in [0.2, 0.25) is 0 Å². The van der Waals surface area contributed by atoms with Crippen molar-refractivity contribution in [3.05, 3.63) is 71.7 Å². The van der Waals surface area contributed by atoms with Gasteiger partial charge in [0, 0.05) is 31.2 Å². The molecule has 6 nitrogen and oxygen atoms in total. The van der Waals surface area contributed by atoms with Crippen LogP contribution in [0.1, 0.15) is 15.9 Å². The van der Waals surface area contributed by atoms with Crippen molar-refractivity contribution in [2.75, 3.05) is 14.1 Å². The Bertz CT molecular complexity index is 1100. The monoisotopic (exact) mass is 388 g/mol. The molecule has 27 heavy (non-hydrogen) atoms. The van der Waals surface area contributed by atoms with Crippen LogP contribution in [-0.2, 0) is 21.4 Å². The summed E-state index contributed by atoms with van der Waals surface area (Å²) in [6.45, 7) is -0.0790. The van der Waals surface area contributed by atoms with E-state index in [9.17, 15) is 17.6 Å². The standard InChI is InChI=1S/C19H17FN2O4S/c1-22(2)27(24,25)15-8-5-13(6-9-15)19(23)26-12-14-7-10-17(20)16-4-3-11-21-18(14)16/h3-11H,12H2,1-2H3. The van der Waals surface area contributed by atoms with Crippen LogP contribution in [0.25, 0.3) is 10.9 Å². The number of pyridine rings is 1. The van der Waals surface area contributed by atoms with E-state index in [0.29, 0.717) is 16.5 Å². The van der Waals surface area contributed by atoms with Crippen molar-refractivity contribution in [3.63, 3.8) is 0 Å². The van der Waals surface area contributed by atoms with Crippen molar-refractivity contribution >= 4 is 26.9 Å². The molecule has 0 N–H and O–H groups in total. The zero-order valence-electron chi connectivity index (χ0n) is 14.7. The fourth-order valence-electron chi connectivity index (χ4n) is 2.51. The molecule has 1 heterocycles. The van der Waals surface area contributed by atoms with Crippen LogP contribution >= 0.6 is 0 Å². The Hall–Kier alpha value is -2.84. The van der Waals surface area contributed by atoms with E-state index < -0.39 is 21.8 Å². The number of nitrogens with zero attached hydrogens (tertiary/aromatic N) is 2. The number of benzene rings is 2. The molecule has 0 spiro atoms. The van der Waals surface area contributed by atoms with E-state index in [1.165, 1.54) is 56.7 Å². The van der Waals surface area contributed by atoms with E-state index in [2.05, 4.69) is 4.98 Å². The van der Waals surface area contributed by atoms with Gasteiger partial charge in [0.05, 0.1) is 16.0 Å². The number of carbonyl (C=O) groups is 1. The Morgan fingerprint density at radius 1 is 1.11 bits per heavy atom. The van der Waals surface area contributed by atoms with Crippen molar-refractivity contribution in [1.82, 2.24) is 9.29 Å². The first-order chi connectivity index (χ1) is 12.8. The third-order valence-corrected chi connectivity index (χ3v) is 5.86. The van der Waals surface area contributed by atoms with Crippen LogP contribution in [0.4, 0.5) is 4.39 Å². The maximum absolute atomic E-state index is 13.8. The highest BCUT2D eigenvalue weighted by molar-refractivity contribution is 7.89. The van der Waals surface area contributed by atoms with Gasteiger partial charge in [-0.2, -0.15) is 0 Å². The number of fused-ring (bicyclic) bond motifs is 1. The van der Waals surface area contributed by atoms with Crippen molar-refractivity contribution < 1.29 is 22.3 Å². The normalized spacial score (nSPS) is 11.7. The summed E-state index contributed by atoms with van der Waals surface area (Å²) in [4.78, 5) is 16.5. The molecule has 140 valence electrons. The molecule has 0 radical (unpaired) electrons. The first-order valence-electron chi connectivity index (χ1n) is 8.02. The van der Waals surface area contributed by atoms with Crippen LogP contribution in [0.5, 0.6) is 0 Å². The topological polar surface area (TPSA) is 76.6 Å². The molecule has 3 aromatic rings. The summed E-state index contributed by atoms with van der Waals surface area (Å²) < 4.78 is 44.3. The van der Waals surface area contributed by atoms with Gasteiger partial charge in [0.1, 0.15) is 12.4 Å². The molecule has 2 aromatic carbocycles. The average molecular weight is 388 g/mol. The SMILES string of the molecule is CN(C)S(=O)(=O)c1ccc(C(=O)OCc2ccc(F)c3cccnc23)cc1. The van der Waals surface area contributed by atoms with E-state index in [1.54, 1.807) is 12.1 Å². The highest BCUT2D eigenvalue weighted by Crippen LogP contribution is 2.21. The van der Waals surface area contributed by atoms with Crippen LogP contribution < -0.4 is 0 Å². The second-order valence-corrected chi connectivity index (χ2v) is 8.15. The highest BCUT2D eigenvalue weighted by Gasteiger charge is 2.18. The molecule has 0 saturated carbocycles. The number of ether oxygens (including phenoxy) is 1. The number of aromatic nitrogens is 1. The molecule has 0 fully saturated rings. The minimum Gasteiger partial charge on any atom is -0.457 e. The molecule has 0 bridgehead atoms. The minimum absolute atomic E-state index is 0.0790. The lowest BCUT2D eigenvalue weighted by molar-refractivity contribution is 0.0474. The summed E-state index contributed by atoms with van der Waals surface area (Å²) in [5.41, 5.74) is 1.22. The molecule has 0 aliphatic heterocycles. The zero-order valence-corrected chi connectivity index (χ0v) is 15.5. The lowest BCUT2D eigenvalue weighted by Crippen LogP contribution is -2.22. The summed E-state index contributed by atoms with van der Waals surface area (Å²) in [5.74, 6) is -1.01. The maximum atomic E-state index is 13.8. The van der Waals surface area contributed by atoms with Gasteiger partial charge in [-0.3, -0.25) is 4.98 Å². The summed E-state index contributed by atoms with van der Waals surface area (Å²) in [5, 5.41) is 0.351. The maximum Gasteiger partial charge on any atom is 0.338 e. The van der Waals surface area contributed by atoms with Gasteiger partial charge in [-0.25, -0.2) is 21.9 Å². The molecule has 0 amide bonds. The molecule has 0 atom stereocenters. The Morgan fingerprint density at radius 2 is 1.81 bits per heavy atom. The first kappa shape index (κ1) is 18.9. The molecule has 3 rings (SSSR count). The van der Waals surface area contributed by atoms with Crippen LogP contribution in [0.3, 0.4) is 0 Å². The van der Waals surface area contributed by atoms with Crippen LogP contribution in [0.15, 0.2) is 59.6 Å². The number of hydrogen-bond acceptors (Lipinski definition) is 5. The number of carbonyl (C=O) groups excluding carboxylic acids is 1. The van der Waals surface area contributed by atoms with Gasteiger partial charge >= 0.3 is 5.97 Å². The van der Waals surface area contributed by atoms with E-state index >= 15 is 0 Å². The first-order valence-corrected chi connectivity index (χ1v) is 9.46. The van der Waals surface area contributed by atoms with E-state index in [0.717, 1.165) is 4.31 Å². The third kappa shape index (κ3) is 3.81. The van der Waals surface area contributed by atoms with Crippen LogP contribution in [-0.4, -0.2) is 37.8 Å². The Morgan fingerprint density at radius 3 is 2.48 bits per heavy atom. The molecule has 0 saturated heterocycles. The summed E-state index contributed by atoms with van der Waals surface area (Å²) >= 11 is 0. The van der Waals surface area contributed by atoms with Gasteiger partial charge in [-0.1, -0.05) is 6.07 Å². The van der Waals surface area contributed by atoms with E-state index in [-0.39, 0.29) is 17.1 Å². The fraction of sp³-hybridized carbons (Fsp3) is 0.158. The Labute approximate surface area is 156 Å². The Kier molecular flexibility index (Phi) is 5.20. The zero-order chi connectivity index (χ0) is 19.6. The van der Waals surface area contributed by atoms with Gasteiger partial charge < -0.3 is 4.74 Å². The predicted octanol–water partition coefficient (Wildman–Crippen LogP) is 2.98. The smallest absolute Gasteiger partial charge is 0.338 e. The Balaban J connectivity index is 1.76. The quantitative estimate of drug-likeness (QED) is 0.628. The highest BCUT2D eigenvalue weighted by atomic mass is 32.2. The number of esters is 1. The molecular weight excluding hydrogens is 371 g/mol. The molecule has 8 heteroatoms. The molecular formula is C19H17FN2O4S. The number of halogens is 1. The minimum atomic E-state index is -3.57. The second kappa shape index (κ2) is 7.42. The van der Waals surface area contributed by atoms with Crippen molar-refractivity contribution in [2.45, 2.75) is 11.5 Å². The molecule has 0 aliphatic rings. The molecule has 1 aromatic heterocycles. The lowest BCUT2D eigenvalue weighted by atomic mass is 10.1.